The lowest BCUT2D eigenvalue weighted by Gasteiger charge is -2.19. The lowest BCUT2D eigenvalue weighted by Crippen LogP contribution is -2.28. The third-order valence-electron chi connectivity index (χ3n) is 1.87. The Bertz CT molecular complexity index is 370. The van der Waals surface area contributed by atoms with Crippen LogP contribution in [0.25, 0.3) is 0 Å². The van der Waals surface area contributed by atoms with Crippen LogP contribution in [-0.2, 0) is 4.79 Å². The number of hydrazine groups is 1. The van der Waals surface area contributed by atoms with E-state index in [-0.39, 0.29) is 11.1 Å². The zero-order valence-corrected chi connectivity index (χ0v) is 9.25. The van der Waals surface area contributed by atoms with E-state index < -0.39 is 0 Å². The molecule has 0 aromatic carbocycles. The molecule has 0 radical (unpaired) electrons. The SMILES string of the molecule is CCN(C(C)=O)c1cc(NN)nnc1Cl. The van der Waals surface area contributed by atoms with E-state index in [2.05, 4.69) is 15.6 Å². The number of halogens is 1. The Labute approximate surface area is 92.4 Å². The highest BCUT2D eigenvalue weighted by atomic mass is 35.5. The number of carbonyl (C=O) groups excluding carboxylic acids is 1. The molecule has 3 N–H and O–H groups in total. The molecule has 1 aromatic rings. The number of hydrogen-bond donors (Lipinski definition) is 2. The van der Waals surface area contributed by atoms with Gasteiger partial charge >= 0.3 is 0 Å². The van der Waals surface area contributed by atoms with E-state index in [1.807, 2.05) is 6.92 Å². The van der Waals surface area contributed by atoms with E-state index in [9.17, 15) is 4.79 Å². The standard InChI is InChI=1S/C8H12ClN5O/c1-3-14(5(2)15)6-4-7(11-10)12-13-8(6)9/h4H,3,10H2,1-2H3,(H,11,12). The summed E-state index contributed by atoms with van der Waals surface area (Å²) in [5.74, 6) is 5.43. The molecular formula is C8H12ClN5O. The number of rotatable bonds is 3. The van der Waals surface area contributed by atoms with Crippen molar-refractivity contribution in [1.29, 1.82) is 0 Å². The second-order valence-corrected chi connectivity index (χ2v) is 3.17. The summed E-state index contributed by atoms with van der Waals surface area (Å²) in [6.07, 6.45) is 0. The van der Waals surface area contributed by atoms with Gasteiger partial charge in [-0.2, -0.15) is 0 Å². The number of amides is 1. The summed E-state index contributed by atoms with van der Waals surface area (Å²) < 4.78 is 0. The van der Waals surface area contributed by atoms with Crippen LogP contribution in [0.5, 0.6) is 0 Å². The minimum atomic E-state index is -0.115. The molecule has 0 spiro atoms. The van der Waals surface area contributed by atoms with Crippen LogP contribution in [0.4, 0.5) is 11.5 Å². The molecule has 7 heteroatoms. The first-order valence-electron chi connectivity index (χ1n) is 4.38. The zero-order valence-electron chi connectivity index (χ0n) is 8.49. The van der Waals surface area contributed by atoms with Gasteiger partial charge in [0.25, 0.3) is 0 Å². The first-order chi connectivity index (χ1) is 7.10. The van der Waals surface area contributed by atoms with E-state index in [1.165, 1.54) is 11.8 Å². The van der Waals surface area contributed by atoms with Gasteiger partial charge in [0.05, 0.1) is 5.69 Å². The van der Waals surface area contributed by atoms with Gasteiger partial charge < -0.3 is 10.3 Å². The van der Waals surface area contributed by atoms with Crippen LogP contribution in [0.3, 0.4) is 0 Å². The van der Waals surface area contributed by atoms with E-state index >= 15 is 0 Å². The Balaban J connectivity index is 3.15. The predicted molar refractivity (Wildman–Crippen MR) is 58.6 cm³/mol. The molecule has 0 aliphatic carbocycles. The highest BCUT2D eigenvalue weighted by molar-refractivity contribution is 6.32. The van der Waals surface area contributed by atoms with Gasteiger partial charge in [-0.1, -0.05) is 11.6 Å². The molecule has 15 heavy (non-hydrogen) atoms. The summed E-state index contributed by atoms with van der Waals surface area (Å²) in [7, 11) is 0. The number of carbonyl (C=O) groups is 1. The number of hydrogen-bond acceptors (Lipinski definition) is 5. The molecule has 82 valence electrons. The molecule has 0 unspecified atom stereocenters. The number of nitrogen functional groups attached to an aromatic ring is 1. The van der Waals surface area contributed by atoms with Crippen LogP contribution in [-0.4, -0.2) is 22.6 Å². The molecule has 0 aliphatic heterocycles. The van der Waals surface area contributed by atoms with Crippen molar-refractivity contribution in [1.82, 2.24) is 10.2 Å². The fourth-order valence-corrected chi connectivity index (χ4v) is 1.38. The molecule has 0 atom stereocenters. The first-order valence-corrected chi connectivity index (χ1v) is 4.75. The highest BCUT2D eigenvalue weighted by Crippen LogP contribution is 2.24. The van der Waals surface area contributed by atoms with Crippen LogP contribution in [0.15, 0.2) is 6.07 Å². The van der Waals surface area contributed by atoms with Crippen molar-refractivity contribution in [2.24, 2.45) is 5.84 Å². The molecule has 0 saturated heterocycles. The molecule has 6 nitrogen and oxygen atoms in total. The highest BCUT2D eigenvalue weighted by Gasteiger charge is 2.14. The Morgan fingerprint density at radius 1 is 1.67 bits per heavy atom. The smallest absolute Gasteiger partial charge is 0.223 e. The Morgan fingerprint density at radius 2 is 2.33 bits per heavy atom. The van der Waals surface area contributed by atoms with Crippen LogP contribution >= 0.6 is 11.6 Å². The summed E-state index contributed by atoms with van der Waals surface area (Å²) in [4.78, 5) is 12.8. The van der Waals surface area contributed by atoms with Crippen molar-refractivity contribution >= 4 is 29.0 Å². The van der Waals surface area contributed by atoms with Gasteiger partial charge in [0.15, 0.2) is 11.0 Å². The number of nitrogens with zero attached hydrogens (tertiary/aromatic N) is 3. The first kappa shape index (κ1) is 11.7. The monoisotopic (exact) mass is 229 g/mol. The minimum Gasteiger partial charge on any atom is -0.310 e. The molecule has 0 aliphatic rings. The summed E-state index contributed by atoms with van der Waals surface area (Å²) in [6.45, 7) is 3.80. The topological polar surface area (TPSA) is 84.1 Å². The van der Waals surface area contributed by atoms with E-state index in [0.29, 0.717) is 18.1 Å². The van der Waals surface area contributed by atoms with Crippen LogP contribution < -0.4 is 16.2 Å². The average Bonchev–Trinajstić information content (AvgIpc) is 2.21. The summed E-state index contributed by atoms with van der Waals surface area (Å²) in [5.41, 5.74) is 2.84. The fourth-order valence-electron chi connectivity index (χ4n) is 1.19. The average molecular weight is 230 g/mol. The van der Waals surface area contributed by atoms with Gasteiger partial charge in [-0.3, -0.25) is 4.79 Å². The molecule has 1 heterocycles. The van der Waals surface area contributed by atoms with Crippen molar-refractivity contribution in [2.45, 2.75) is 13.8 Å². The Hall–Kier alpha value is -1.40. The normalized spacial score (nSPS) is 9.87. The zero-order chi connectivity index (χ0) is 11.4. The quantitative estimate of drug-likeness (QED) is 0.591. The van der Waals surface area contributed by atoms with E-state index in [0.717, 1.165) is 0 Å². The summed E-state index contributed by atoms with van der Waals surface area (Å²) in [5, 5.41) is 7.53. The molecular weight excluding hydrogens is 218 g/mol. The van der Waals surface area contributed by atoms with Crippen LogP contribution in [0.1, 0.15) is 13.8 Å². The second-order valence-electron chi connectivity index (χ2n) is 2.81. The number of nitrogens with two attached hydrogens (primary N) is 1. The molecule has 0 bridgehead atoms. The van der Waals surface area contributed by atoms with Crippen molar-refractivity contribution in [3.05, 3.63) is 11.2 Å². The van der Waals surface area contributed by atoms with Crippen molar-refractivity contribution in [2.75, 3.05) is 16.9 Å². The Kier molecular flexibility index (Phi) is 3.81. The predicted octanol–water partition coefficient (Wildman–Crippen LogP) is 0.788. The minimum absolute atomic E-state index is 0.115. The van der Waals surface area contributed by atoms with Gasteiger partial charge in [-0.05, 0) is 6.92 Å². The summed E-state index contributed by atoms with van der Waals surface area (Å²) in [6, 6.07) is 1.57. The van der Waals surface area contributed by atoms with Crippen LogP contribution in [0, 0.1) is 0 Å². The largest absolute Gasteiger partial charge is 0.310 e. The molecule has 0 fully saturated rings. The maximum absolute atomic E-state index is 11.3. The second kappa shape index (κ2) is 4.90. The number of anilines is 2. The van der Waals surface area contributed by atoms with Gasteiger partial charge in [-0.15, -0.1) is 10.2 Å². The van der Waals surface area contributed by atoms with E-state index in [4.69, 9.17) is 17.4 Å². The maximum atomic E-state index is 11.3. The maximum Gasteiger partial charge on any atom is 0.223 e. The van der Waals surface area contributed by atoms with Crippen molar-refractivity contribution < 1.29 is 4.79 Å². The van der Waals surface area contributed by atoms with Gasteiger partial charge in [0.2, 0.25) is 5.91 Å². The van der Waals surface area contributed by atoms with Gasteiger partial charge in [-0.25, -0.2) is 5.84 Å². The molecule has 1 amide bonds. The molecule has 1 rings (SSSR count). The Morgan fingerprint density at radius 3 is 2.80 bits per heavy atom. The third-order valence-corrected chi connectivity index (χ3v) is 2.13. The number of nitrogens with one attached hydrogen (secondary N) is 1. The fraction of sp³-hybridized carbons (Fsp3) is 0.375. The van der Waals surface area contributed by atoms with Crippen LogP contribution in [0.2, 0.25) is 5.15 Å². The number of aromatic nitrogens is 2. The van der Waals surface area contributed by atoms with Gasteiger partial charge in [0.1, 0.15) is 0 Å². The molecule has 1 aromatic heterocycles. The van der Waals surface area contributed by atoms with E-state index in [1.54, 1.807) is 6.07 Å². The van der Waals surface area contributed by atoms with Crippen molar-refractivity contribution in [3.8, 4) is 0 Å². The third kappa shape index (κ3) is 2.54. The summed E-state index contributed by atoms with van der Waals surface area (Å²) >= 11 is 5.83. The lowest BCUT2D eigenvalue weighted by atomic mass is 10.3. The van der Waals surface area contributed by atoms with Gasteiger partial charge in [0, 0.05) is 19.5 Å². The molecule has 0 saturated carbocycles. The van der Waals surface area contributed by atoms with Crippen molar-refractivity contribution in [3.63, 3.8) is 0 Å². The lowest BCUT2D eigenvalue weighted by molar-refractivity contribution is -0.116.